The van der Waals surface area contributed by atoms with E-state index in [1.165, 1.54) is 0 Å². The predicted octanol–water partition coefficient (Wildman–Crippen LogP) is 1.32. The first-order chi connectivity index (χ1) is 5.85. The molecular weight excluding hydrogens is 168 g/mol. The van der Waals surface area contributed by atoms with Crippen molar-refractivity contribution in [2.45, 2.75) is 58.3 Å². The van der Waals surface area contributed by atoms with Gasteiger partial charge >= 0.3 is 0 Å². The molecule has 0 aliphatic heterocycles. The van der Waals surface area contributed by atoms with Gasteiger partial charge < -0.3 is 14.9 Å². The summed E-state index contributed by atoms with van der Waals surface area (Å²) in [5.41, 5.74) is -0.224. The molecule has 0 saturated heterocycles. The van der Waals surface area contributed by atoms with E-state index in [2.05, 4.69) is 0 Å². The van der Waals surface area contributed by atoms with Gasteiger partial charge in [-0.3, -0.25) is 0 Å². The van der Waals surface area contributed by atoms with E-state index in [-0.39, 0.29) is 5.60 Å². The van der Waals surface area contributed by atoms with Crippen molar-refractivity contribution in [2.75, 3.05) is 6.61 Å². The lowest BCUT2D eigenvalue weighted by atomic mass is 10.1. The third kappa shape index (κ3) is 8.22. The number of aliphatic hydroxyl groups is 2. The van der Waals surface area contributed by atoms with Crippen LogP contribution in [0.15, 0.2) is 0 Å². The molecule has 0 amide bonds. The standard InChI is InChI=1S/C10H22O3/c1-5-8(11)6-9(12)7-13-10(2,3)4/h8-9,11-12H,5-7H2,1-4H3/t8-,9+/m1/s1. The van der Waals surface area contributed by atoms with Crippen LogP contribution in [0.4, 0.5) is 0 Å². The molecule has 0 saturated carbocycles. The molecule has 0 aliphatic carbocycles. The Hall–Kier alpha value is -0.120. The zero-order valence-electron chi connectivity index (χ0n) is 9.08. The zero-order valence-corrected chi connectivity index (χ0v) is 9.08. The summed E-state index contributed by atoms with van der Waals surface area (Å²) < 4.78 is 5.38. The molecular formula is C10H22O3. The summed E-state index contributed by atoms with van der Waals surface area (Å²) in [5.74, 6) is 0. The summed E-state index contributed by atoms with van der Waals surface area (Å²) in [5, 5.41) is 18.7. The molecule has 0 fully saturated rings. The highest BCUT2D eigenvalue weighted by molar-refractivity contribution is 4.65. The minimum absolute atomic E-state index is 0.224. The Morgan fingerprint density at radius 1 is 1.15 bits per heavy atom. The molecule has 80 valence electrons. The summed E-state index contributed by atoms with van der Waals surface area (Å²) in [6, 6.07) is 0. The van der Waals surface area contributed by atoms with Gasteiger partial charge in [-0.2, -0.15) is 0 Å². The van der Waals surface area contributed by atoms with E-state index in [1.807, 2.05) is 27.7 Å². The molecule has 3 heteroatoms. The van der Waals surface area contributed by atoms with Crippen molar-refractivity contribution in [3.8, 4) is 0 Å². The van der Waals surface area contributed by atoms with Gasteiger partial charge in [0.2, 0.25) is 0 Å². The molecule has 0 aromatic carbocycles. The lowest BCUT2D eigenvalue weighted by Gasteiger charge is -2.22. The van der Waals surface area contributed by atoms with E-state index >= 15 is 0 Å². The minimum Gasteiger partial charge on any atom is -0.393 e. The quantitative estimate of drug-likeness (QED) is 0.687. The van der Waals surface area contributed by atoms with E-state index < -0.39 is 12.2 Å². The Labute approximate surface area is 80.7 Å². The Bertz CT molecular complexity index is 129. The Morgan fingerprint density at radius 3 is 2.08 bits per heavy atom. The van der Waals surface area contributed by atoms with Crippen LogP contribution in [0.1, 0.15) is 40.5 Å². The maximum atomic E-state index is 9.43. The Morgan fingerprint density at radius 2 is 1.69 bits per heavy atom. The molecule has 3 nitrogen and oxygen atoms in total. The molecule has 0 heterocycles. The first kappa shape index (κ1) is 12.9. The summed E-state index contributed by atoms with van der Waals surface area (Å²) in [6.45, 7) is 8.00. The lowest BCUT2D eigenvalue weighted by molar-refractivity contribution is -0.0598. The highest BCUT2D eigenvalue weighted by atomic mass is 16.5. The van der Waals surface area contributed by atoms with E-state index in [0.29, 0.717) is 19.4 Å². The zero-order chi connectivity index (χ0) is 10.5. The predicted molar refractivity (Wildman–Crippen MR) is 52.6 cm³/mol. The van der Waals surface area contributed by atoms with E-state index in [0.717, 1.165) is 0 Å². The third-order valence-corrected chi connectivity index (χ3v) is 1.72. The lowest BCUT2D eigenvalue weighted by Crippen LogP contribution is -2.28. The van der Waals surface area contributed by atoms with Gasteiger partial charge in [-0.1, -0.05) is 6.92 Å². The second-order valence-corrected chi connectivity index (χ2v) is 4.37. The van der Waals surface area contributed by atoms with Crippen LogP contribution in [0.2, 0.25) is 0 Å². The number of aliphatic hydroxyl groups excluding tert-OH is 2. The monoisotopic (exact) mass is 190 g/mol. The molecule has 0 rings (SSSR count). The molecule has 0 spiro atoms. The molecule has 0 radical (unpaired) electrons. The summed E-state index contributed by atoms with van der Waals surface area (Å²) in [6.07, 6.45) is 0.0897. The van der Waals surface area contributed by atoms with Crippen molar-refractivity contribution < 1.29 is 14.9 Å². The summed E-state index contributed by atoms with van der Waals surface area (Å²) in [4.78, 5) is 0. The van der Waals surface area contributed by atoms with Crippen molar-refractivity contribution in [1.29, 1.82) is 0 Å². The SMILES string of the molecule is CC[C@@H](O)C[C@H](O)COC(C)(C)C. The molecule has 0 aliphatic rings. The van der Waals surface area contributed by atoms with Gasteiger partial charge in [0.25, 0.3) is 0 Å². The van der Waals surface area contributed by atoms with Crippen LogP contribution in [0.3, 0.4) is 0 Å². The van der Waals surface area contributed by atoms with Crippen LogP contribution < -0.4 is 0 Å². The van der Waals surface area contributed by atoms with Gasteiger partial charge in [0, 0.05) is 6.42 Å². The number of ether oxygens (including phenoxy) is 1. The molecule has 0 aromatic rings. The maximum absolute atomic E-state index is 9.43. The maximum Gasteiger partial charge on any atom is 0.0798 e. The molecule has 13 heavy (non-hydrogen) atoms. The van der Waals surface area contributed by atoms with Gasteiger partial charge in [0.1, 0.15) is 0 Å². The molecule has 0 aromatic heterocycles. The van der Waals surface area contributed by atoms with Gasteiger partial charge in [0.15, 0.2) is 0 Å². The fourth-order valence-electron chi connectivity index (χ4n) is 0.895. The van der Waals surface area contributed by atoms with Crippen LogP contribution >= 0.6 is 0 Å². The molecule has 0 unspecified atom stereocenters. The fourth-order valence-corrected chi connectivity index (χ4v) is 0.895. The van der Waals surface area contributed by atoms with Gasteiger partial charge in [-0.15, -0.1) is 0 Å². The molecule has 2 atom stereocenters. The summed E-state index contributed by atoms with van der Waals surface area (Å²) >= 11 is 0. The molecule has 0 bridgehead atoms. The van der Waals surface area contributed by atoms with Crippen molar-refractivity contribution >= 4 is 0 Å². The van der Waals surface area contributed by atoms with Crippen LogP contribution in [-0.4, -0.2) is 34.6 Å². The second-order valence-electron chi connectivity index (χ2n) is 4.37. The van der Waals surface area contributed by atoms with Gasteiger partial charge in [0.05, 0.1) is 24.4 Å². The average Bonchev–Trinajstić information content (AvgIpc) is 1.99. The highest BCUT2D eigenvalue weighted by Gasteiger charge is 2.15. The third-order valence-electron chi connectivity index (χ3n) is 1.72. The number of rotatable bonds is 5. The van der Waals surface area contributed by atoms with Crippen molar-refractivity contribution in [3.05, 3.63) is 0 Å². The van der Waals surface area contributed by atoms with Gasteiger partial charge in [-0.05, 0) is 27.2 Å². The van der Waals surface area contributed by atoms with Gasteiger partial charge in [-0.25, -0.2) is 0 Å². The number of hydrogen-bond donors (Lipinski definition) is 2. The first-order valence-corrected chi connectivity index (χ1v) is 4.85. The normalized spacial score (nSPS) is 17.1. The van der Waals surface area contributed by atoms with Crippen LogP contribution in [0, 0.1) is 0 Å². The first-order valence-electron chi connectivity index (χ1n) is 4.85. The van der Waals surface area contributed by atoms with Crippen LogP contribution in [0.25, 0.3) is 0 Å². The summed E-state index contributed by atoms with van der Waals surface area (Å²) in [7, 11) is 0. The smallest absolute Gasteiger partial charge is 0.0798 e. The van der Waals surface area contributed by atoms with Crippen molar-refractivity contribution in [2.24, 2.45) is 0 Å². The Kier molecular flexibility index (Phi) is 5.53. The van der Waals surface area contributed by atoms with E-state index in [1.54, 1.807) is 0 Å². The van der Waals surface area contributed by atoms with E-state index in [9.17, 15) is 10.2 Å². The van der Waals surface area contributed by atoms with Crippen molar-refractivity contribution in [3.63, 3.8) is 0 Å². The van der Waals surface area contributed by atoms with Crippen LogP contribution in [0.5, 0.6) is 0 Å². The van der Waals surface area contributed by atoms with Crippen LogP contribution in [-0.2, 0) is 4.74 Å². The number of hydrogen-bond acceptors (Lipinski definition) is 3. The van der Waals surface area contributed by atoms with E-state index in [4.69, 9.17) is 4.74 Å². The Balaban J connectivity index is 3.57. The fraction of sp³-hybridized carbons (Fsp3) is 1.00. The second kappa shape index (κ2) is 5.58. The largest absolute Gasteiger partial charge is 0.393 e. The van der Waals surface area contributed by atoms with Crippen molar-refractivity contribution in [1.82, 2.24) is 0 Å². The topological polar surface area (TPSA) is 49.7 Å². The average molecular weight is 190 g/mol. The highest BCUT2D eigenvalue weighted by Crippen LogP contribution is 2.09. The minimum atomic E-state index is -0.561. The molecule has 2 N–H and O–H groups in total.